The summed E-state index contributed by atoms with van der Waals surface area (Å²) in [6.45, 7) is 4.33. The molecular formula is C15H20O. The van der Waals surface area contributed by atoms with Gasteiger partial charge in [-0.1, -0.05) is 48.1 Å². The van der Waals surface area contributed by atoms with Gasteiger partial charge >= 0.3 is 0 Å². The van der Waals surface area contributed by atoms with Gasteiger partial charge in [0, 0.05) is 0 Å². The molecule has 1 aromatic carbocycles. The summed E-state index contributed by atoms with van der Waals surface area (Å²) in [5, 5.41) is 9.01. The fraction of sp³-hybridized carbons (Fsp3) is 0.333. The Bertz CT molecular complexity index is 356. The lowest BCUT2D eigenvalue weighted by Gasteiger charge is -2.06. The van der Waals surface area contributed by atoms with Crippen molar-refractivity contribution < 1.29 is 5.11 Å². The minimum atomic E-state index is 0.110. The van der Waals surface area contributed by atoms with Gasteiger partial charge in [-0.25, -0.2) is 0 Å². The van der Waals surface area contributed by atoms with Crippen molar-refractivity contribution in [3.8, 4) is 0 Å². The van der Waals surface area contributed by atoms with E-state index in [4.69, 9.17) is 5.11 Å². The summed E-state index contributed by atoms with van der Waals surface area (Å²) in [6.07, 6.45) is 6.14. The lowest BCUT2D eigenvalue weighted by atomic mass is 10.0. The number of rotatable bonds is 5. The normalized spacial score (nSPS) is 11.3. The van der Waals surface area contributed by atoms with Crippen molar-refractivity contribution in [2.75, 3.05) is 6.61 Å². The highest BCUT2D eigenvalue weighted by Crippen LogP contribution is 2.19. The van der Waals surface area contributed by atoms with Crippen molar-refractivity contribution in [1.82, 2.24) is 0 Å². The van der Waals surface area contributed by atoms with Crippen LogP contribution in [0.1, 0.15) is 32.3 Å². The summed E-state index contributed by atoms with van der Waals surface area (Å²) >= 11 is 0. The van der Waals surface area contributed by atoms with Crippen molar-refractivity contribution in [2.45, 2.75) is 26.7 Å². The molecule has 0 bridgehead atoms. The molecule has 0 heterocycles. The average Bonchev–Trinajstić information content (AvgIpc) is 2.29. The van der Waals surface area contributed by atoms with Gasteiger partial charge in [0.25, 0.3) is 0 Å². The Labute approximate surface area is 98.1 Å². The lowest BCUT2D eigenvalue weighted by molar-refractivity contribution is 0.343. The number of benzene rings is 1. The number of hydrogen-bond donors (Lipinski definition) is 1. The Morgan fingerprint density at radius 1 is 1.12 bits per heavy atom. The van der Waals surface area contributed by atoms with Crippen LogP contribution >= 0.6 is 0 Å². The van der Waals surface area contributed by atoms with Crippen LogP contribution in [0, 0.1) is 0 Å². The van der Waals surface area contributed by atoms with Gasteiger partial charge in [-0.3, -0.25) is 0 Å². The van der Waals surface area contributed by atoms with Gasteiger partial charge in [-0.05, 0) is 37.8 Å². The van der Waals surface area contributed by atoms with Gasteiger partial charge in [-0.2, -0.15) is 0 Å². The van der Waals surface area contributed by atoms with Crippen molar-refractivity contribution in [2.24, 2.45) is 0 Å². The molecule has 1 nitrogen and oxygen atoms in total. The molecule has 1 rings (SSSR count). The molecule has 0 fully saturated rings. The quantitative estimate of drug-likeness (QED) is 0.742. The Balaban J connectivity index is 2.70. The minimum Gasteiger partial charge on any atom is -0.392 e. The maximum atomic E-state index is 9.01. The molecule has 0 spiro atoms. The standard InChI is InChI=1S/C15H20O/c1-13(2)7-6-10-15(11-12-16)14-8-4-3-5-9-14/h3-5,7-9,11,16H,6,10,12H2,1-2H3. The van der Waals surface area contributed by atoms with Crippen LogP contribution in [0.3, 0.4) is 0 Å². The van der Waals surface area contributed by atoms with E-state index in [9.17, 15) is 0 Å². The molecule has 0 atom stereocenters. The number of aliphatic hydroxyl groups excluding tert-OH is 1. The van der Waals surface area contributed by atoms with E-state index in [1.54, 1.807) is 0 Å². The van der Waals surface area contributed by atoms with E-state index < -0.39 is 0 Å². The van der Waals surface area contributed by atoms with Crippen molar-refractivity contribution >= 4 is 5.57 Å². The fourth-order valence-electron chi connectivity index (χ4n) is 1.64. The molecule has 0 aliphatic heterocycles. The van der Waals surface area contributed by atoms with E-state index in [2.05, 4.69) is 32.1 Å². The van der Waals surface area contributed by atoms with Crippen LogP contribution in [0.5, 0.6) is 0 Å². The molecule has 1 heteroatoms. The van der Waals surface area contributed by atoms with E-state index in [0.29, 0.717) is 0 Å². The second-order valence-corrected chi connectivity index (χ2v) is 4.10. The topological polar surface area (TPSA) is 20.2 Å². The average molecular weight is 216 g/mol. The maximum absolute atomic E-state index is 9.01. The first-order valence-corrected chi connectivity index (χ1v) is 5.72. The van der Waals surface area contributed by atoms with Gasteiger partial charge in [0.2, 0.25) is 0 Å². The molecule has 0 aromatic heterocycles. The van der Waals surface area contributed by atoms with E-state index in [-0.39, 0.29) is 6.61 Å². The Morgan fingerprint density at radius 3 is 2.38 bits per heavy atom. The molecule has 0 saturated heterocycles. The van der Waals surface area contributed by atoms with E-state index in [1.165, 1.54) is 16.7 Å². The highest BCUT2D eigenvalue weighted by atomic mass is 16.2. The second kappa shape index (κ2) is 7.02. The number of hydrogen-bond acceptors (Lipinski definition) is 1. The summed E-state index contributed by atoms with van der Waals surface area (Å²) in [4.78, 5) is 0. The lowest BCUT2D eigenvalue weighted by Crippen LogP contribution is -1.87. The molecule has 16 heavy (non-hydrogen) atoms. The molecule has 86 valence electrons. The van der Waals surface area contributed by atoms with Gasteiger partial charge < -0.3 is 5.11 Å². The van der Waals surface area contributed by atoms with Crippen LogP contribution in [0.4, 0.5) is 0 Å². The van der Waals surface area contributed by atoms with Gasteiger partial charge in [0.15, 0.2) is 0 Å². The largest absolute Gasteiger partial charge is 0.392 e. The van der Waals surface area contributed by atoms with E-state index >= 15 is 0 Å². The summed E-state index contributed by atoms with van der Waals surface area (Å²) < 4.78 is 0. The SMILES string of the molecule is CC(C)=CCCC(=CCO)c1ccccc1. The molecule has 0 saturated carbocycles. The zero-order valence-electron chi connectivity index (χ0n) is 10.1. The molecule has 0 amide bonds. The van der Waals surface area contributed by atoms with Gasteiger partial charge in [0.05, 0.1) is 6.61 Å². The number of allylic oxidation sites excluding steroid dienone is 3. The van der Waals surface area contributed by atoms with Crippen LogP contribution in [-0.4, -0.2) is 11.7 Å². The monoisotopic (exact) mass is 216 g/mol. The zero-order valence-corrected chi connectivity index (χ0v) is 10.1. The molecular weight excluding hydrogens is 196 g/mol. The molecule has 0 unspecified atom stereocenters. The highest BCUT2D eigenvalue weighted by molar-refractivity contribution is 5.65. The third-order valence-electron chi connectivity index (χ3n) is 2.45. The van der Waals surface area contributed by atoms with E-state index in [0.717, 1.165) is 12.8 Å². The zero-order chi connectivity index (χ0) is 11.8. The maximum Gasteiger partial charge on any atom is 0.0618 e. The first kappa shape index (κ1) is 12.7. The van der Waals surface area contributed by atoms with Crippen LogP contribution in [-0.2, 0) is 0 Å². The summed E-state index contributed by atoms with van der Waals surface area (Å²) in [7, 11) is 0. The summed E-state index contributed by atoms with van der Waals surface area (Å²) in [6, 6.07) is 10.2. The van der Waals surface area contributed by atoms with Crippen LogP contribution in [0.2, 0.25) is 0 Å². The molecule has 0 radical (unpaired) electrons. The third kappa shape index (κ3) is 4.45. The molecule has 0 aliphatic rings. The second-order valence-electron chi connectivity index (χ2n) is 4.10. The third-order valence-corrected chi connectivity index (χ3v) is 2.45. The smallest absolute Gasteiger partial charge is 0.0618 e. The van der Waals surface area contributed by atoms with Crippen LogP contribution in [0.15, 0.2) is 48.1 Å². The Hall–Kier alpha value is -1.34. The molecule has 1 N–H and O–H groups in total. The Morgan fingerprint density at radius 2 is 1.81 bits per heavy atom. The molecule has 0 aliphatic carbocycles. The van der Waals surface area contributed by atoms with Crippen molar-refractivity contribution in [3.63, 3.8) is 0 Å². The van der Waals surface area contributed by atoms with Crippen LogP contribution in [0.25, 0.3) is 5.57 Å². The van der Waals surface area contributed by atoms with Crippen molar-refractivity contribution in [3.05, 3.63) is 53.6 Å². The predicted octanol–water partition coefficient (Wildman–Crippen LogP) is 3.81. The van der Waals surface area contributed by atoms with Gasteiger partial charge in [0.1, 0.15) is 0 Å². The first-order chi connectivity index (χ1) is 7.74. The van der Waals surface area contributed by atoms with Gasteiger partial charge in [-0.15, -0.1) is 0 Å². The van der Waals surface area contributed by atoms with Crippen LogP contribution < -0.4 is 0 Å². The fourth-order valence-corrected chi connectivity index (χ4v) is 1.64. The Kier molecular flexibility index (Phi) is 5.58. The summed E-state index contributed by atoms with van der Waals surface area (Å²) in [5.41, 5.74) is 3.77. The predicted molar refractivity (Wildman–Crippen MR) is 70.2 cm³/mol. The first-order valence-electron chi connectivity index (χ1n) is 5.72. The highest BCUT2D eigenvalue weighted by Gasteiger charge is 1.99. The minimum absolute atomic E-state index is 0.110. The number of aliphatic hydroxyl groups is 1. The molecule has 1 aromatic rings. The van der Waals surface area contributed by atoms with E-state index in [1.807, 2.05) is 24.3 Å². The van der Waals surface area contributed by atoms with Crippen molar-refractivity contribution in [1.29, 1.82) is 0 Å². The summed E-state index contributed by atoms with van der Waals surface area (Å²) in [5.74, 6) is 0.